The van der Waals surface area contributed by atoms with E-state index in [0.717, 1.165) is 56.5 Å². The Labute approximate surface area is 231 Å². The van der Waals surface area contributed by atoms with Crippen molar-refractivity contribution in [3.63, 3.8) is 0 Å². The van der Waals surface area contributed by atoms with Crippen molar-refractivity contribution in [1.82, 2.24) is 4.98 Å². The van der Waals surface area contributed by atoms with Crippen LogP contribution in [0.2, 0.25) is 0 Å². The zero-order chi connectivity index (χ0) is 28.5. The molecule has 9 heteroatoms. The van der Waals surface area contributed by atoms with Crippen molar-refractivity contribution in [1.29, 1.82) is 0 Å². The summed E-state index contributed by atoms with van der Waals surface area (Å²) in [5.41, 5.74) is 19.0. The lowest BCUT2D eigenvalue weighted by Crippen LogP contribution is -2.24. The number of carbonyl (C=O) groups is 2. The molecule has 0 bridgehead atoms. The van der Waals surface area contributed by atoms with Gasteiger partial charge in [0.2, 0.25) is 0 Å². The van der Waals surface area contributed by atoms with Crippen molar-refractivity contribution in [3.05, 3.63) is 77.3 Å². The van der Waals surface area contributed by atoms with Crippen molar-refractivity contribution in [3.8, 4) is 0 Å². The number of aromatic nitrogens is 1. The van der Waals surface area contributed by atoms with E-state index in [-0.39, 0.29) is 30.4 Å². The van der Waals surface area contributed by atoms with Crippen molar-refractivity contribution >= 4 is 30.1 Å². The van der Waals surface area contributed by atoms with Gasteiger partial charge in [0.05, 0.1) is 6.54 Å². The van der Waals surface area contributed by atoms with Gasteiger partial charge in [0, 0.05) is 18.0 Å². The fraction of sp³-hybridized carbons (Fsp3) is 0.433. The number of nitrogens with two attached hydrogens (primary N) is 3. The second-order valence-corrected chi connectivity index (χ2v) is 9.99. The fourth-order valence-electron chi connectivity index (χ4n) is 4.34. The van der Waals surface area contributed by atoms with Crippen molar-refractivity contribution in [2.24, 2.45) is 34.0 Å². The molecule has 0 radical (unpaired) electrons. The van der Waals surface area contributed by atoms with Crippen LogP contribution in [0.1, 0.15) is 57.4 Å². The van der Waals surface area contributed by atoms with E-state index in [1.165, 1.54) is 0 Å². The first-order chi connectivity index (χ1) is 18.8. The summed E-state index contributed by atoms with van der Waals surface area (Å²) in [5, 5.41) is 14.3. The standard InChI is InChI=1S/C30H43N6O3/c1-22(21-37)12-16-26(31)10-5-9-24(14-13-23-7-3-2-4-8-23)15-17-27(36-28-11-6-18-34-28)25(19-29(38)39)20-35-30(32)33/h2-4,6-8,11,13-14,18-19,21-22,24,26-27,34H,5,9-10,12,15-17,20,31H2,1H3,(H,38,39)(H4,32,33,35)/q-1/b14-13+,25-19+/t22-,24+,26+,27+/m0/s1. The molecule has 2 aromatic rings. The number of aromatic amines is 1. The molecule has 39 heavy (non-hydrogen) atoms. The highest BCUT2D eigenvalue weighted by molar-refractivity contribution is 5.81. The molecule has 0 saturated carbocycles. The van der Waals surface area contributed by atoms with Crippen LogP contribution in [0.4, 0.5) is 5.82 Å². The number of carboxylic acids is 1. The molecule has 8 N–H and O–H groups in total. The summed E-state index contributed by atoms with van der Waals surface area (Å²) in [7, 11) is 0. The molecule has 1 heterocycles. The molecular weight excluding hydrogens is 492 g/mol. The number of rotatable bonds is 19. The Morgan fingerprint density at radius 1 is 1.05 bits per heavy atom. The smallest absolute Gasteiger partial charge is 0.328 e. The van der Waals surface area contributed by atoms with E-state index in [1.807, 2.05) is 37.3 Å². The largest absolute Gasteiger partial charge is 0.478 e. The summed E-state index contributed by atoms with van der Waals surface area (Å²) in [5.74, 6) is -0.243. The number of benzene rings is 1. The summed E-state index contributed by atoms with van der Waals surface area (Å²) in [4.78, 5) is 29.6. The number of carbonyl (C=O) groups excluding carboxylic acids is 1. The normalized spacial score (nSPS) is 14.9. The molecule has 9 nitrogen and oxygen atoms in total. The average Bonchev–Trinajstić information content (AvgIpc) is 3.43. The molecule has 0 aliphatic rings. The monoisotopic (exact) mass is 535 g/mol. The van der Waals surface area contributed by atoms with E-state index in [0.29, 0.717) is 17.8 Å². The van der Waals surface area contributed by atoms with Crippen LogP contribution >= 0.6 is 0 Å². The summed E-state index contributed by atoms with van der Waals surface area (Å²) < 4.78 is 0. The molecule has 1 aromatic heterocycles. The first kappa shape index (κ1) is 31.4. The zero-order valence-electron chi connectivity index (χ0n) is 22.8. The number of aliphatic carboxylic acids is 1. The summed E-state index contributed by atoms with van der Waals surface area (Å²) >= 11 is 0. The quantitative estimate of drug-likeness (QED) is 0.0740. The van der Waals surface area contributed by atoms with Gasteiger partial charge in [-0.05, 0) is 61.6 Å². The van der Waals surface area contributed by atoms with E-state index in [2.05, 4.69) is 34.3 Å². The first-order valence-corrected chi connectivity index (χ1v) is 13.5. The van der Waals surface area contributed by atoms with Gasteiger partial charge in [-0.2, -0.15) is 0 Å². The number of allylic oxidation sites excluding steroid dienone is 1. The van der Waals surface area contributed by atoms with Gasteiger partial charge in [-0.15, -0.1) is 0 Å². The lowest BCUT2D eigenvalue weighted by atomic mass is 9.90. The predicted octanol–water partition coefficient (Wildman–Crippen LogP) is 4.90. The van der Waals surface area contributed by atoms with Crippen LogP contribution in [0.3, 0.4) is 0 Å². The van der Waals surface area contributed by atoms with Crippen LogP contribution in [0.5, 0.6) is 0 Å². The van der Waals surface area contributed by atoms with E-state index in [1.54, 1.807) is 6.20 Å². The highest BCUT2D eigenvalue weighted by Gasteiger charge is 2.16. The van der Waals surface area contributed by atoms with Crippen molar-refractivity contribution in [2.75, 3.05) is 6.54 Å². The van der Waals surface area contributed by atoms with Crippen LogP contribution in [-0.4, -0.2) is 46.9 Å². The van der Waals surface area contributed by atoms with Gasteiger partial charge in [-0.1, -0.05) is 80.0 Å². The third-order valence-corrected chi connectivity index (χ3v) is 6.60. The minimum atomic E-state index is -1.07. The molecule has 4 atom stereocenters. The summed E-state index contributed by atoms with van der Waals surface area (Å²) in [6, 6.07) is 13.4. The Bertz CT molecular complexity index is 1060. The molecule has 0 aliphatic heterocycles. The van der Waals surface area contributed by atoms with Crippen LogP contribution in [0.25, 0.3) is 11.4 Å². The topological polar surface area (TPSA) is 175 Å². The number of nitrogens with one attached hydrogen (secondary N) is 1. The van der Waals surface area contributed by atoms with E-state index < -0.39 is 12.0 Å². The number of H-pyrrole nitrogens is 1. The van der Waals surface area contributed by atoms with Gasteiger partial charge >= 0.3 is 5.97 Å². The summed E-state index contributed by atoms with van der Waals surface area (Å²) in [6.07, 6.45) is 14.0. The van der Waals surface area contributed by atoms with E-state index in [4.69, 9.17) is 22.5 Å². The molecule has 0 fully saturated rings. The maximum Gasteiger partial charge on any atom is 0.328 e. The number of nitrogens with zero attached hydrogens (tertiary/aromatic N) is 2. The minimum Gasteiger partial charge on any atom is -0.478 e. The maximum absolute atomic E-state index is 11.6. The lowest BCUT2D eigenvalue weighted by molar-refractivity contribution is -0.131. The minimum absolute atomic E-state index is 0.0324. The van der Waals surface area contributed by atoms with Crippen molar-refractivity contribution < 1.29 is 14.7 Å². The Kier molecular flexibility index (Phi) is 14.2. The average molecular weight is 536 g/mol. The Morgan fingerprint density at radius 3 is 2.46 bits per heavy atom. The third kappa shape index (κ3) is 13.5. The maximum atomic E-state index is 11.6. The first-order valence-electron chi connectivity index (χ1n) is 13.5. The van der Waals surface area contributed by atoms with Gasteiger partial charge in [-0.25, -0.2) is 9.79 Å². The van der Waals surface area contributed by atoms with Gasteiger partial charge in [-0.3, -0.25) is 0 Å². The second-order valence-electron chi connectivity index (χ2n) is 9.99. The van der Waals surface area contributed by atoms with Gasteiger partial charge in [0.1, 0.15) is 6.29 Å². The predicted molar refractivity (Wildman–Crippen MR) is 158 cm³/mol. The van der Waals surface area contributed by atoms with E-state index >= 15 is 0 Å². The van der Waals surface area contributed by atoms with Crippen LogP contribution in [-0.2, 0) is 9.59 Å². The SMILES string of the molecule is C[C@H](C=O)CC[C@H](N)CCC[C@H](/C=C/c1ccccc1)CC[C@@H]([N-]c1ccc[nH]1)/C(=C/C(=O)O)CN=C(N)N. The molecule has 0 aliphatic carbocycles. The molecule has 0 unspecified atom stereocenters. The molecule has 0 spiro atoms. The molecular formula is C30H43N6O3-. The number of aldehydes is 1. The highest BCUT2D eigenvalue weighted by Crippen LogP contribution is 2.30. The number of hydrogen-bond donors (Lipinski definition) is 5. The van der Waals surface area contributed by atoms with Gasteiger partial charge in [0.15, 0.2) is 5.96 Å². The number of hydrogen-bond acceptors (Lipinski definition) is 4. The zero-order valence-corrected chi connectivity index (χ0v) is 22.8. The molecule has 0 amide bonds. The van der Waals surface area contributed by atoms with Crippen LogP contribution in [0.15, 0.2) is 71.4 Å². The van der Waals surface area contributed by atoms with Gasteiger partial charge in [0.25, 0.3) is 0 Å². The van der Waals surface area contributed by atoms with Crippen LogP contribution in [0, 0.1) is 11.8 Å². The third-order valence-electron chi connectivity index (χ3n) is 6.60. The Balaban J connectivity index is 2.15. The highest BCUT2D eigenvalue weighted by atomic mass is 16.4. The number of guanidine groups is 1. The van der Waals surface area contributed by atoms with Crippen molar-refractivity contribution in [2.45, 2.75) is 64.0 Å². The fourth-order valence-corrected chi connectivity index (χ4v) is 4.34. The second kappa shape index (κ2) is 17.6. The Morgan fingerprint density at radius 2 is 1.82 bits per heavy atom. The van der Waals surface area contributed by atoms with Gasteiger partial charge < -0.3 is 37.4 Å². The van der Waals surface area contributed by atoms with E-state index in [9.17, 15) is 14.7 Å². The molecule has 212 valence electrons. The van der Waals surface area contributed by atoms with Crippen LogP contribution < -0.4 is 17.2 Å². The molecule has 0 saturated heterocycles. The number of carboxylic acid groups (broad SMARTS) is 1. The molecule has 1 aromatic carbocycles. The summed E-state index contributed by atoms with van der Waals surface area (Å²) in [6.45, 7) is 1.97. The lowest BCUT2D eigenvalue weighted by Gasteiger charge is -2.28. The Hall–Kier alpha value is -3.85. The molecule has 2 rings (SSSR count). The number of aliphatic imine (C=N–C) groups is 1.